The maximum atomic E-state index is 11.9. The highest BCUT2D eigenvalue weighted by molar-refractivity contribution is 7.90. The maximum Gasteiger partial charge on any atom is 0.310 e. The van der Waals surface area contributed by atoms with Crippen LogP contribution in [0.5, 0.6) is 0 Å². The van der Waals surface area contributed by atoms with Crippen LogP contribution in [0.3, 0.4) is 0 Å². The molecule has 0 fully saturated rings. The molecule has 132 valence electrons. The van der Waals surface area contributed by atoms with Crippen LogP contribution in [-0.2, 0) is 16.3 Å². The maximum absolute atomic E-state index is 11.9. The zero-order chi connectivity index (χ0) is 18.4. The summed E-state index contributed by atoms with van der Waals surface area (Å²) in [6, 6.07) is 7.53. The number of sulfone groups is 1. The molecule has 1 aliphatic carbocycles. The third-order valence-corrected chi connectivity index (χ3v) is 6.17. The highest BCUT2D eigenvalue weighted by atomic mass is 35.5. The largest absolute Gasteiger partial charge is 0.373 e. The van der Waals surface area contributed by atoms with Crippen LogP contribution < -0.4 is 5.32 Å². The van der Waals surface area contributed by atoms with E-state index in [9.17, 15) is 18.5 Å². The van der Waals surface area contributed by atoms with Crippen LogP contribution in [-0.4, -0.2) is 19.6 Å². The van der Waals surface area contributed by atoms with Crippen LogP contribution in [0.4, 0.5) is 11.4 Å². The first-order valence-corrected chi connectivity index (χ1v) is 10.1. The normalized spacial score (nSPS) is 16.5. The highest BCUT2D eigenvalue weighted by Gasteiger charge is 2.30. The van der Waals surface area contributed by atoms with Gasteiger partial charge in [-0.1, -0.05) is 35.3 Å². The van der Waals surface area contributed by atoms with Gasteiger partial charge in [-0.05, 0) is 42.2 Å². The van der Waals surface area contributed by atoms with Crippen molar-refractivity contribution in [2.75, 3.05) is 11.6 Å². The van der Waals surface area contributed by atoms with Gasteiger partial charge in [-0.3, -0.25) is 10.1 Å². The minimum absolute atomic E-state index is 0.164. The van der Waals surface area contributed by atoms with E-state index in [1.165, 1.54) is 18.2 Å². The first-order valence-electron chi connectivity index (χ1n) is 7.41. The summed E-state index contributed by atoms with van der Waals surface area (Å²) >= 11 is 12.3. The Morgan fingerprint density at radius 3 is 2.60 bits per heavy atom. The summed E-state index contributed by atoms with van der Waals surface area (Å²) in [5, 5.41) is 15.5. The molecule has 25 heavy (non-hydrogen) atoms. The minimum atomic E-state index is -3.73. The summed E-state index contributed by atoms with van der Waals surface area (Å²) < 4.78 is 23.7. The van der Waals surface area contributed by atoms with Gasteiger partial charge in [0.15, 0.2) is 9.84 Å². The van der Waals surface area contributed by atoms with E-state index >= 15 is 0 Å². The molecule has 9 heteroatoms. The van der Waals surface area contributed by atoms with Crippen LogP contribution in [0.2, 0.25) is 10.0 Å². The molecule has 3 rings (SSSR count). The molecule has 1 unspecified atom stereocenters. The Labute approximate surface area is 154 Å². The van der Waals surface area contributed by atoms with Gasteiger partial charge in [0, 0.05) is 6.26 Å². The number of anilines is 1. The second-order valence-corrected chi connectivity index (χ2v) is 8.62. The summed E-state index contributed by atoms with van der Waals surface area (Å²) in [4.78, 5) is 10.5. The van der Waals surface area contributed by atoms with Crippen molar-refractivity contribution < 1.29 is 13.3 Å². The molecule has 1 N–H and O–H groups in total. The smallest absolute Gasteiger partial charge is 0.310 e. The molecular weight excluding hydrogens is 387 g/mol. The van der Waals surface area contributed by atoms with Crippen molar-refractivity contribution in [3.63, 3.8) is 0 Å². The van der Waals surface area contributed by atoms with Crippen molar-refractivity contribution in [2.45, 2.75) is 23.8 Å². The predicted molar refractivity (Wildman–Crippen MR) is 97.4 cm³/mol. The quantitative estimate of drug-likeness (QED) is 0.606. The molecule has 2 aromatic rings. The number of nitrogens with zero attached hydrogens (tertiary/aromatic N) is 1. The molecule has 0 saturated carbocycles. The summed E-state index contributed by atoms with van der Waals surface area (Å²) in [7, 11) is -3.73. The third-order valence-electron chi connectivity index (χ3n) is 4.20. The lowest BCUT2D eigenvalue weighted by Gasteiger charge is -2.17. The molecule has 0 aromatic heterocycles. The first kappa shape index (κ1) is 18.0. The van der Waals surface area contributed by atoms with Gasteiger partial charge in [-0.15, -0.1) is 0 Å². The lowest BCUT2D eigenvalue weighted by Crippen LogP contribution is -2.11. The van der Waals surface area contributed by atoms with Crippen LogP contribution in [0.1, 0.15) is 23.6 Å². The molecule has 0 radical (unpaired) electrons. The van der Waals surface area contributed by atoms with Gasteiger partial charge in [0.2, 0.25) is 0 Å². The van der Waals surface area contributed by atoms with Gasteiger partial charge in [0.05, 0.1) is 21.0 Å². The summed E-state index contributed by atoms with van der Waals surface area (Å²) in [5.41, 5.74) is 1.54. The summed E-state index contributed by atoms with van der Waals surface area (Å²) in [6.07, 6.45) is 2.31. The average Bonchev–Trinajstić information content (AvgIpc) is 2.93. The Morgan fingerprint density at radius 1 is 1.24 bits per heavy atom. The number of nitro groups is 1. The Kier molecular flexibility index (Phi) is 4.66. The third kappa shape index (κ3) is 3.31. The molecule has 0 aliphatic heterocycles. The fraction of sp³-hybridized carbons (Fsp3) is 0.250. The molecule has 0 saturated heterocycles. The fourth-order valence-corrected chi connectivity index (χ4v) is 4.40. The van der Waals surface area contributed by atoms with Crippen molar-refractivity contribution in [3.05, 3.63) is 61.6 Å². The van der Waals surface area contributed by atoms with Crippen LogP contribution in [0.25, 0.3) is 0 Å². The second-order valence-electron chi connectivity index (χ2n) is 5.85. The monoisotopic (exact) mass is 400 g/mol. The first-order chi connectivity index (χ1) is 11.7. The molecule has 0 amide bonds. The van der Waals surface area contributed by atoms with Gasteiger partial charge in [-0.2, -0.15) is 0 Å². The Balaban J connectivity index is 2.04. The number of rotatable bonds is 4. The van der Waals surface area contributed by atoms with Crippen molar-refractivity contribution in [2.24, 2.45) is 0 Å². The van der Waals surface area contributed by atoms with Crippen molar-refractivity contribution >= 4 is 44.4 Å². The van der Waals surface area contributed by atoms with Crippen LogP contribution >= 0.6 is 23.2 Å². The lowest BCUT2D eigenvalue weighted by atomic mass is 10.1. The molecule has 1 atom stereocenters. The Bertz CT molecular complexity index is 976. The SMILES string of the molecule is CS(=O)(=O)c1cccc(NC2CCc3c2ccc(Cl)c3Cl)c1[N+](=O)[O-]. The number of nitro benzene ring substituents is 1. The van der Waals surface area contributed by atoms with Crippen molar-refractivity contribution in [1.82, 2.24) is 0 Å². The second kappa shape index (κ2) is 6.48. The van der Waals surface area contributed by atoms with E-state index in [1.807, 2.05) is 6.07 Å². The van der Waals surface area contributed by atoms with Crippen LogP contribution in [0.15, 0.2) is 35.2 Å². The molecule has 0 bridgehead atoms. The summed E-state index contributed by atoms with van der Waals surface area (Å²) in [5.74, 6) is 0. The van der Waals surface area contributed by atoms with Gasteiger partial charge in [0.25, 0.3) is 0 Å². The predicted octanol–water partition coefficient (Wildman–Crippen LogP) is 4.40. The van der Waals surface area contributed by atoms with E-state index < -0.39 is 20.4 Å². The summed E-state index contributed by atoms with van der Waals surface area (Å²) in [6.45, 7) is 0. The molecule has 0 spiro atoms. The van der Waals surface area contributed by atoms with Gasteiger partial charge >= 0.3 is 5.69 Å². The zero-order valence-electron chi connectivity index (χ0n) is 13.1. The Hall–Kier alpha value is -1.83. The highest BCUT2D eigenvalue weighted by Crippen LogP contribution is 2.42. The van der Waals surface area contributed by atoms with E-state index in [0.29, 0.717) is 22.9 Å². The van der Waals surface area contributed by atoms with E-state index in [-0.39, 0.29) is 16.6 Å². The number of hydrogen-bond acceptors (Lipinski definition) is 5. The van der Waals surface area contributed by atoms with E-state index in [2.05, 4.69) is 5.32 Å². The average molecular weight is 401 g/mol. The number of hydrogen-bond donors (Lipinski definition) is 1. The van der Waals surface area contributed by atoms with Gasteiger partial charge < -0.3 is 5.32 Å². The van der Waals surface area contributed by atoms with E-state index in [4.69, 9.17) is 23.2 Å². The fourth-order valence-electron chi connectivity index (χ4n) is 3.10. The molecule has 6 nitrogen and oxygen atoms in total. The molecular formula is C16H14Cl2N2O4S. The van der Waals surface area contributed by atoms with Gasteiger partial charge in [-0.25, -0.2) is 8.42 Å². The van der Waals surface area contributed by atoms with E-state index in [0.717, 1.165) is 17.4 Å². The number of fused-ring (bicyclic) bond motifs is 1. The minimum Gasteiger partial charge on any atom is -0.373 e. The number of halogens is 2. The number of nitrogens with one attached hydrogen (secondary N) is 1. The standard InChI is InChI=1S/C16H14Cl2N2O4S/c1-25(23,24)14-4-2-3-13(16(14)20(21)22)19-12-8-6-10-9(12)5-7-11(17)15(10)18/h2-5,7,12,19H,6,8H2,1H3. The topological polar surface area (TPSA) is 89.3 Å². The molecule has 1 aliphatic rings. The lowest BCUT2D eigenvalue weighted by molar-refractivity contribution is -0.386. The number of benzene rings is 2. The Morgan fingerprint density at radius 2 is 1.96 bits per heavy atom. The van der Waals surface area contributed by atoms with Gasteiger partial charge in [0.1, 0.15) is 10.6 Å². The zero-order valence-corrected chi connectivity index (χ0v) is 15.5. The molecule has 2 aromatic carbocycles. The van der Waals surface area contributed by atoms with Crippen molar-refractivity contribution in [1.29, 1.82) is 0 Å². The van der Waals surface area contributed by atoms with E-state index in [1.54, 1.807) is 6.07 Å². The van der Waals surface area contributed by atoms with Crippen LogP contribution in [0, 0.1) is 10.1 Å². The molecule has 0 heterocycles. The number of para-hydroxylation sites is 1. The van der Waals surface area contributed by atoms with Crippen molar-refractivity contribution in [3.8, 4) is 0 Å².